The average Bonchev–Trinajstić information content (AvgIpc) is 3.16. The summed E-state index contributed by atoms with van der Waals surface area (Å²) in [4.78, 5) is 25.1. The molecule has 2 aromatic heterocycles. The molecule has 2 aromatic carbocycles. The number of nitrogens with two attached hydrogens (primary N) is 1. The second-order valence-electron chi connectivity index (χ2n) is 6.85. The van der Waals surface area contributed by atoms with Crippen LogP contribution >= 0.6 is 0 Å². The lowest BCUT2D eigenvalue weighted by atomic mass is 9.99. The topological polar surface area (TPSA) is 157 Å². The summed E-state index contributed by atoms with van der Waals surface area (Å²) in [6.45, 7) is 1.67. The first-order chi connectivity index (χ1) is 15.9. The standard InChI is InChI=1S/C18H13F2N5O2.C2HF3O2/c1-7-12-14-13(10(19)6-11(26)15(14)20)16(22-18(12)24-23-7)8-2-4-9(5-3-8)17(21)25-27;3-2(4,5)1(6)7/h2-6,27H,1H3,(H2,21,25)(H2,22,23,24);(H,6,7). The number of nitrogens with one attached hydrogen (secondary N) is 2. The number of carboxylic acids is 1. The Morgan fingerprint density at radius 1 is 1.09 bits per heavy atom. The van der Waals surface area contributed by atoms with Gasteiger partial charge in [0, 0.05) is 33.7 Å². The number of oxime groups is 1. The Hall–Kier alpha value is -4.49. The van der Waals surface area contributed by atoms with Gasteiger partial charge in [0.15, 0.2) is 17.3 Å². The number of hydrogen-bond donors (Lipinski definition) is 5. The summed E-state index contributed by atoms with van der Waals surface area (Å²) in [5.74, 6) is -4.74. The average molecular weight is 483 g/mol. The highest BCUT2D eigenvalue weighted by molar-refractivity contribution is 6.11. The minimum absolute atomic E-state index is 0.0855. The SMILES string of the molecule is Cc1[nH][nH]c2nc(-c3ccc(C(N)=NO)cc3)c3c(F)cc(=O)c(F)c3c12.O=C(O)C(F)(F)F. The van der Waals surface area contributed by atoms with Gasteiger partial charge in [-0.05, 0) is 6.92 Å². The highest BCUT2D eigenvalue weighted by Gasteiger charge is 2.38. The van der Waals surface area contributed by atoms with Gasteiger partial charge in [0.2, 0.25) is 5.43 Å². The van der Waals surface area contributed by atoms with Crippen LogP contribution in [0.15, 0.2) is 40.3 Å². The van der Waals surface area contributed by atoms with Gasteiger partial charge in [-0.15, -0.1) is 0 Å². The summed E-state index contributed by atoms with van der Waals surface area (Å²) in [6, 6.07) is 6.91. The molecule has 9 nitrogen and oxygen atoms in total. The van der Waals surface area contributed by atoms with E-state index in [0.29, 0.717) is 33.9 Å². The number of benzene rings is 2. The number of H-pyrrole nitrogens is 2. The Bertz CT molecular complexity index is 1490. The molecular formula is C20H14F5N5O4. The van der Waals surface area contributed by atoms with Crippen LogP contribution in [0.1, 0.15) is 11.3 Å². The molecule has 0 bridgehead atoms. The summed E-state index contributed by atoms with van der Waals surface area (Å²) in [5, 5.41) is 24.5. The molecule has 0 aliphatic rings. The van der Waals surface area contributed by atoms with Gasteiger partial charge in [0.05, 0.1) is 11.1 Å². The van der Waals surface area contributed by atoms with Gasteiger partial charge in [-0.2, -0.15) is 13.2 Å². The Kier molecular flexibility index (Phi) is 6.25. The second-order valence-corrected chi connectivity index (χ2v) is 6.85. The number of aromatic nitrogens is 3. The Morgan fingerprint density at radius 3 is 2.21 bits per heavy atom. The molecular weight excluding hydrogens is 469 g/mol. The van der Waals surface area contributed by atoms with Crippen LogP contribution < -0.4 is 11.2 Å². The normalized spacial score (nSPS) is 12.0. The molecule has 0 fully saturated rings. The van der Waals surface area contributed by atoms with Crippen molar-refractivity contribution in [2.75, 3.05) is 0 Å². The number of pyridine rings is 1. The number of hydrogen-bond acceptors (Lipinski definition) is 5. The summed E-state index contributed by atoms with van der Waals surface area (Å²) in [6.07, 6.45) is -5.08. The van der Waals surface area contributed by atoms with Crippen LogP contribution in [0.2, 0.25) is 0 Å². The van der Waals surface area contributed by atoms with E-state index in [1.54, 1.807) is 31.2 Å². The van der Waals surface area contributed by atoms with E-state index in [0.717, 1.165) is 0 Å². The molecule has 34 heavy (non-hydrogen) atoms. The minimum atomic E-state index is -5.08. The van der Waals surface area contributed by atoms with Gasteiger partial charge < -0.3 is 21.1 Å². The molecule has 0 radical (unpaired) electrons. The van der Waals surface area contributed by atoms with Crippen molar-refractivity contribution >= 4 is 33.6 Å². The van der Waals surface area contributed by atoms with E-state index in [9.17, 15) is 26.7 Å². The molecule has 4 rings (SSSR count). The molecule has 0 aliphatic carbocycles. The van der Waals surface area contributed by atoms with E-state index in [1.807, 2.05) is 0 Å². The molecule has 0 atom stereocenters. The number of carbonyl (C=O) groups is 1. The predicted octanol–water partition coefficient (Wildman–Crippen LogP) is 3.39. The number of aryl methyl sites for hydroxylation is 1. The van der Waals surface area contributed by atoms with E-state index >= 15 is 0 Å². The number of fused-ring (bicyclic) bond motifs is 3. The first-order valence-corrected chi connectivity index (χ1v) is 9.13. The molecule has 4 aromatic rings. The number of rotatable bonds is 2. The fraction of sp³-hybridized carbons (Fsp3) is 0.100. The zero-order chi connectivity index (χ0) is 25.4. The largest absolute Gasteiger partial charge is 0.490 e. The third kappa shape index (κ3) is 4.37. The molecule has 0 unspecified atom stereocenters. The highest BCUT2D eigenvalue weighted by Crippen LogP contribution is 2.35. The van der Waals surface area contributed by atoms with Crippen molar-refractivity contribution in [3.63, 3.8) is 0 Å². The smallest absolute Gasteiger partial charge is 0.475 e. The van der Waals surface area contributed by atoms with Gasteiger partial charge in [0.1, 0.15) is 5.82 Å². The van der Waals surface area contributed by atoms with Crippen molar-refractivity contribution in [3.8, 4) is 11.3 Å². The Labute approximate surface area is 185 Å². The fourth-order valence-electron chi connectivity index (χ4n) is 3.15. The fourth-order valence-corrected chi connectivity index (χ4v) is 3.15. The number of alkyl halides is 3. The number of halogens is 5. The lowest BCUT2D eigenvalue weighted by molar-refractivity contribution is -0.192. The molecule has 0 saturated heterocycles. The van der Waals surface area contributed by atoms with E-state index in [2.05, 4.69) is 20.3 Å². The zero-order valence-corrected chi connectivity index (χ0v) is 17.0. The van der Waals surface area contributed by atoms with Gasteiger partial charge in [0.25, 0.3) is 0 Å². The number of amidine groups is 1. The van der Waals surface area contributed by atoms with E-state index in [1.165, 1.54) is 0 Å². The molecule has 0 spiro atoms. The van der Waals surface area contributed by atoms with Crippen LogP contribution in [-0.4, -0.2) is 43.5 Å². The van der Waals surface area contributed by atoms with Gasteiger partial charge >= 0.3 is 12.1 Å². The van der Waals surface area contributed by atoms with Gasteiger partial charge in [-0.25, -0.2) is 18.6 Å². The predicted molar refractivity (Wildman–Crippen MR) is 111 cm³/mol. The van der Waals surface area contributed by atoms with E-state index in [4.69, 9.17) is 20.8 Å². The maximum absolute atomic E-state index is 14.7. The van der Waals surface area contributed by atoms with E-state index < -0.39 is 29.2 Å². The molecule has 178 valence electrons. The molecule has 0 aliphatic heterocycles. The van der Waals surface area contributed by atoms with Crippen molar-refractivity contribution in [1.29, 1.82) is 0 Å². The Balaban J connectivity index is 0.000000406. The summed E-state index contributed by atoms with van der Waals surface area (Å²) in [7, 11) is 0. The second kappa shape index (κ2) is 8.80. The van der Waals surface area contributed by atoms with Crippen LogP contribution in [0.3, 0.4) is 0 Å². The lowest BCUT2D eigenvalue weighted by Gasteiger charge is -2.10. The van der Waals surface area contributed by atoms with Crippen molar-refractivity contribution in [2.24, 2.45) is 10.9 Å². The van der Waals surface area contributed by atoms with Crippen molar-refractivity contribution in [3.05, 3.63) is 63.4 Å². The summed E-state index contributed by atoms with van der Waals surface area (Å²) >= 11 is 0. The quantitative estimate of drug-likeness (QED) is 0.0967. The number of aromatic amines is 2. The van der Waals surface area contributed by atoms with Crippen molar-refractivity contribution < 1.29 is 37.1 Å². The van der Waals surface area contributed by atoms with Crippen LogP contribution in [0.25, 0.3) is 33.1 Å². The lowest BCUT2D eigenvalue weighted by Crippen LogP contribution is -2.21. The summed E-state index contributed by atoms with van der Waals surface area (Å²) < 4.78 is 61.1. The maximum atomic E-state index is 14.7. The van der Waals surface area contributed by atoms with Crippen molar-refractivity contribution in [1.82, 2.24) is 15.2 Å². The van der Waals surface area contributed by atoms with E-state index in [-0.39, 0.29) is 22.3 Å². The van der Waals surface area contributed by atoms with Crippen molar-refractivity contribution in [2.45, 2.75) is 13.1 Å². The number of nitrogens with zero attached hydrogens (tertiary/aromatic N) is 2. The molecule has 14 heteroatoms. The first-order valence-electron chi connectivity index (χ1n) is 9.13. The maximum Gasteiger partial charge on any atom is 0.490 e. The third-order valence-electron chi connectivity index (χ3n) is 4.68. The number of carboxylic acid groups (broad SMARTS) is 1. The van der Waals surface area contributed by atoms with Crippen LogP contribution in [0.4, 0.5) is 22.0 Å². The van der Waals surface area contributed by atoms with Gasteiger partial charge in [-0.3, -0.25) is 9.89 Å². The highest BCUT2D eigenvalue weighted by atomic mass is 19.4. The first kappa shape index (κ1) is 24.2. The zero-order valence-electron chi connectivity index (χ0n) is 17.0. The molecule has 0 saturated carbocycles. The molecule has 0 amide bonds. The van der Waals surface area contributed by atoms with Crippen LogP contribution in [0, 0.1) is 18.6 Å². The monoisotopic (exact) mass is 483 g/mol. The molecule has 2 heterocycles. The van der Waals surface area contributed by atoms with Crippen LogP contribution in [-0.2, 0) is 4.79 Å². The molecule has 6 N–H and O–H groups in total. The summed E-state index contributed by atoms with van der Waals surface area (Å²) in [5.41, 5.74) is 6.42. The Morgan fingerprint density at radius 2 is 1.68 bits per heavy atom. The minimum Gasteiger partial charge on any atom is -0.475 e. The van der Waals surface area contributed by atoms with Gasteiger partial charge in [-0.1, -0.05) is 29.4 Å². The third-order valence-corrected chi connectivity index (χ3v) is 4.68. The van der Waals surface area contributed by atoms with Crippen LogP contribution in [0.5, 0.6) is 0 Å². The number of aliphatic carboxylic acids is 1.